The SMILES string of the molecule is CC(=O)NCCc1ccc(-c2csc(NC(=O)c3nn(-c4ccccc4)c4c3CCC4)n2)cc1. The summed E-state index contributed by atoms with van der Waals surface area (Å²) < 4.78 is 1.90. The van der Waals surface area contributed by atoms with Crippen molar-refractivity contribution in [3.05, 3.63) is 82.5 Å². The van der Waals surface area contributed by atoms with Gasteiger partial charge in [-0.2, -0.15) is 5.10 Å². The monoisotopic (exact) mass is 471 g/mol. The van der Waals surface area contributed by atoms with Crippen LogP contribution >= 0.6 is 11.3 Å². The van der Waals surface area contributed by atoms with Crippen LogP contribution < -0.4 is 10.6 Å². The number of nitrogens with zero attached hydrogens (tertiary/aromatic N) is 3. The van der Waals surface area contributed by atoms with Gasteiger partial charge in [0.2, 0.25) is 5.91 Å². The molecule has 0 unspecified atom stereocenters. The summed E-state index contributed by atoms with van der Waals surface area (Å²) in [7, 11) is 0. The Morgan fingerprint density at radius 1 is 1.06 bits per heavy atom. The van der Waals surface area contributed by atoms with Gasteiger partial charge < -0.3 is 5.32 Å². The quantitative estimate of drug-likeness (QED) is 0.418. The summed E-state index contributed by atoms with van der Waals surface area (Å²) >= 11 is 1.40. The van der Waals surface area contributed by atoms with Crippen LogP contribution in [0, 0.1) is 0 Å². The second kappa shape index (κ2) is 9.61. The van der Waals surface area contributed by atoms with Gasteiger partial charge in [-0.25, -0.2) is 9.67 Å². The first-order valence-corrected chi connectivity index (χ1v) is 12.2. The van der Waals surface area contributed by atoms with E-state index < -0.39 is 0 Å². The van der Waals surface area contributed by atoms with Crippen LogP contribution in [0.5, 0.6) is 0 Å². The smallest absolute Gasteiger partial charge is 0.278 e. The fourth-order valence-electron chi connectivity index (χ4n) is 4.25. The van der Waals surface area contributed by atoms with Crippen LogP contribution in [0.2, 0.25) is 0 Å². The normalized spacial score (nSPS) is 12.4. The van der Waals surface area contributed by atoms with Crippen LogP contribution in [0.1, 0.15) is 40.7 Å². The van der Waals surface area contributed by atoms with Crippen molar-refractivity contribution in [1.29, 1.82) is 0 Å². The highest BCUT2D eigenvalue weighted by molar-refractivity contribution is 7.14. The van der Waals surface area contributed by atoms with E-state index in [1.807, 2.05) is 64.7 Å². The number of para-hydroxylation sites is 1. The van der Waals surface area contributed by atoms with Gasteiger partial charge in [0.25, 0.3) is 5.91 Å². The lowest BCUT2D eigenvalue weighted by Crippen LogP contribution is -2.22. The summed E-state index contributed by atoms with van der Waals surface area (Å²) in [5, 5.41) is 12.9. The van der Waals surface area contributed by atoms with Crippen LogP contribution in [0.15, 0.2) is 60.0 Å². The van der Waals surface area contributed by atoms with E-state index in [1.165, 1.54) is 18.3 Å². The molecule has 8 heteroatoms. The second-order valence-corrected chi connectivity index (χ2v) is 9.15. The van der Waals surface area contributed by atoms with E-state index >= 15 is 0 Å². The largest absolute Gasteiger partial charge is 0.356 e. The van der Waals surface area contributed by atoms with Gasteiger partial charge in [-0.05, 0) is 43.4 Å². The van der Waals surface area contributed by atoms with Gasteiger partial charge in [0.05, 0.1) is 11.4 Å². The molecular formula is C26H25N5O2S. The van der Waals surface area contributed by atoms with Crippen molar-refractivity contribution in [1.82, 2.24) is 20.1 Å². The molecule has 2 N–H and O–H groups in total. The zero-order chi connectivity index (χ0) is 23.5. The molecule has 2 heterocycles. The van der Waals surface area contributed by atoms with Crippen molar-refractivity contribution < 1.29 is 9.59 Å². The summed E-state index contributed by atoms with van der Waals surface area (Å²) in [6.45, 7) is 2.13. The maximum atomic E-state index is 13.1. The third-order valence-corrected chi connectivity index (χ3v) is 6.67. The Hall–Kier alpha value is -3.78. The van der Waals surface area contributed by atoms with E-state index in [0.29, 0.717) is 17.4 Å². The zero-order valence-corrected chi connectivity index (χ0v) is 19.7. The van der Waals surface area contributed by atoms with E-state index in [4.69, 9.17) is 0 Å². The molecule has 1 aliphatic rings. The maximum Gasteiger partial charge on any atom is 0.278 e. The predicted molar refractivity (Wildman–Crippen MR) is 133 cm³/mol. The summed E-state index contributed by atoms with van der Waals surface area (Å²) in [5.41, 5.74) is 6.54. The molecule has 5 rings (SSSR count). The Morgan fingerprint density at radius 3 is 2.62 bits per heavy atom. The number of carbonyl (C=O) groups excluding carboxylic acids is 2. The molecule has 0 atom stereocenters. The summed E-state index contributed by atoms with van der Waals surface area (Å²) in [5.74, 6) is -0.243. The van der Waals surface area contributed by atoms with Crippen LogP contribution in [0.25, 0.3) is 16.9 Å². The van der Waals surface area contributed by atoms with Gasteiger partial charge in [0.1, 0.15) is 0 Å². The third kappa shape index (κ3) is 4.63. The number of carbonyl (C=O) groups is 2. The van der Waals surface area contributed by atoms with Gasteiger partial charge in [-0.1, -0.05) is 42.5 Å². The lowest BCUT2D eigenvalue weighted by Gasteiger charge is -2.04. The van der Waals surface area contributed by atoms with Crippen LogP contribution in [0.3, 0.4) is 0 Å². The number of fused-ring (bicyclic) bond motifs is 1. The number of benzene rings is 2. The van der Waals surface area contributed by atoms with Crippen LogP contribution in [-0.2, 0) is 24.1 Å². The van der Waals surface area contributed by atoms with E-state index in [-0.39, 0.29) is 11.8 Å². The van der Waals surface area contributed by atoms with E-state index in [0.717, 1.165) is 59.4 Å². The molecule has 34 heavy (non-hydrogen) atoms. The Kier molecular flexibility index (Phi) is 6.22. The minimum atomic E-state index is -0.220. The predicted octanol–water partition coefficient (Wildman–Crippen LogP) is 4.42. The Morgan fingerprint density at radius 2 is 1.85 bits per heavy atom. The topological polar surface area (TPSA) is 88.9 Å². The highest BCUT2D eigenvalue weighted by atomic mass is 32.1. The standard InChI is InChI=1S/C26H25N5O2S/c1-17(32)27-15-14-18-10-12-19(13-11-18)22-16-34-26(28-22)29-25(33)24-21-8-5-9-23(21)31(30-24)20-6-3-2-4-7-20/h2-4,6-7,10-13,16H,5,8-9,14-15H2,1H3,(H,27,32)(H,28,29,33). The van der Waals surface area contributed by atoms with Crippen molar-refractivity contribution in [2.24, 2.45) is 0 Å². The molecule has 0 saturated heterocycles. The number of hydrogen-bond donors (Lipinski definition) is 2. The van der Waals surface area contributed by atoms with Gasteiger partial charge in [0.15, 0.2) is 10.8 Å². The van der Waals surface area contributed by atoms with Crippen molar-refractivity contribution in [3.8, 4) is 16.9 Å². The van der Waals surface area contributed by atoms with E-state index in [2.05, 4.69) is 20.7 Å². The van der Waals surface area contributed by atoms with Crippen molar-refractivity contribution in [3.63, 3.8) is 0 Å². The minimum absolute atomic E-state index is 0.0227. The third-order valence-electron chi connectivity index (χ3n) is 5.91. The summed E-state index contributed by atoms with van der Waals surface area (Å²) in [6, 6.07) is 18.0. The minimum Gasteiger partial charge on any atom is -0.356 e. The number of nitrogens with one attached hydrogen (secondary N) is 2. The van der Waals surface area contributed by atoms with Crippen molar-refractivity contribution in [2.75, 3.05) is 11.9 Å². The highest BCUT2D eigenvalue weighted by Gasteiger charge is 2.27. The number of hydrogen-bond acceptors (Lipinski definition) is 5. The van der Waals surface area contributed by atoms with Crippen molar-refractivity contribution in [2.45, 2.75) is 32.6 Å². The number of amides is 2. The first-order chi connectivity index (χ1) is 16.6. The first-order valence-electron chi connectivity index (χ1n) is 11.4. The van der Waals surface area contributed by atoms with Gasteiger partial charge in [-0.3, -0.25) is 14.9 Å². The van der Waals surface area contributed by atoms with Gasteiger partial charge >= 0.3 is 0 Å². The van der Waals surface area contributed by atoms with Gasteiger partial charge in [0, 0.05) is 35.7 Å². The number of aromatic nitrogens is 3. The molecule has 172 valence electrons. The number of thiazole rings is 1. The molecule has 0 bridgehead atoms. The summed E-state index contributed by atoms with van der Waals surface area (Å²) in [6.07, 6.45) is 3.59. The number of rotatable bonds is 7. The average Bonchev–Trinajstić information content (AvgIpc) is 3.57. The Bertz CT molecular complexity index is 1330. The molecule has 7 nitrogen and oxygen atoms in total. The van der Waals surface area contributed by atoms with Crippen LogP contribution in [-0.4, -0.2) is 33.1 Å². The Labute approximate surface area is 201 Å². The fourth-order valence-corrected chi connectivity index (χ4v) is 4.96. The molecule has 2 aromatic carbocycles. The lowest BCUT2D eigenvalue weighted by molar-refractivity contribution is -0.118. The van der Waals surface area contributed by atoms with Crippen LogP contribution in [0.4, 0.5) is 5.13 Å². The van der Waals surface area contributed by atoms with E-state index in [9.17, 15) is 9.59 Å². The molecule has 2 amide bonds. The summed E-state index contributed by atoms with van der Waals surface area (Å²) in [4.78, 5) is 28.7. The molecular weight excluding hydrogens is 446 g/mol. The number of anilines is 1. The molecule has 2 aromatic heterocycles. The highest BCUT2D eigenvalue weighted by Crippen LogP contribution is 2.30. The molecule has 0 radical (unpaired) electrons. The Balaban J connectivity index is 1.29. The lowest BCUT2D eigenvalue weighted by atomic mass is 10.1. The molecule has 0 fully saturated rings. The van der Waals surface area contributed by atoms with E-state index in [1.54, 1.807) is 0 Å². The van der Waals surface area contributed by atoms with Gasteiger partial charge in [-0.15, -0.1) is 11.3 Å². The zero-order valence-electron chi connectivity index (χ0n) is 18.9. The second-order valence-electron chi connectivity index (χ2n) is 8.30. The fraction of sp³-hybridized carbons (Fsp3) is 0.231. The van der Waals surface area contributed by atoms with Crippen molar-refractivity contribution >= 4 is 28.3 Å². The molecule has 0 aliphatic heterocycles. The maximum absolute atomic E-state index is 13.1. The average molecular weight is 472 g/mol. The molecule has 0 saturated carbocycles. The molecule has 0 spiro atoms. The first kappa shape index (κ1) is 22.0. The molecule has 4 aromatic rings. The molecule has 1 aliphatic carbocycles.